The summed E-state index contributed by atoms with van der Waals surface area (Å²) in [5.74, 6) is 0.614. The van der Waals surface area contributed by atoms with Crippen LogP contribution in [0.25, 0.3) is 11.3 Å². The first-order valence-corrected chi connectivity index (χ1v) is 13.9. The van der Waals surface area contributed by atoms with E-state index in [2.05, 4.69) is 25.6 Å². The molecule has 5 rings (SSSR count). The Labute approximate surface area is 254 Å². The molecule has 1 aromatic carbocycles. The molecule has 4 aromatic rings. The van der Waals surface area contributed by atoms with Gasteiger partial charge in [-0.3, -0.25) is 9.78 Å². The lowest BCUT2D eigenvalue weighted by Gasteiger charge is -2.33. The third-order valence-corrected chi connectivity index (χ3v) is 6.58. The first-order valence-electron chi connectivity index (χ1n) is 13.9. The highest BCUT2D eigenvalue weighted by atomic mass is 16.6. The molecule has 13 heteroatoms. The third-order valence-electron chi connectivity index (χ3n) is 6.58. The maximum atomic E-state index is 13.3. The Morgan fingerprint density at radius 3 is 2.36 bits per heavy atom. The highest BCUT2D eigenvalue weighted by Gasteiger charge is 2.22. The molecule has 44 heavy (non-hydrogen) atoms. The summed E-state index contributed by atoms with van der Waals surface area (Å²) in [4.78, 5) is 58.2. The SMILES string of the molecule is CC(C)(C)OC(=O)c1cccc(C(=O)Nc2cc(Nc3cnccn3)nc(-c3ccnc(N4CCN(C(=O)O)CC4)c3)c2)c1. The van der Waals surface area contributed by atoms with Crippen LogP contribution in [0.2, 0.25) is 0 Å². The van der Waals surface area contributed by atoms with Gasteiger partial charge < -0.3 is 30.3 Å². The monoisotopic (exact) mass is 596 g/mol. The van der Waals surface area contributed by atoms with Crippen molar-refractivity contribution in [2.45, 2.75) is 26.4 Å². The Balaban J connectivity index is 1.42. The van der Waals surface area contributed by atoms with Crippen molar-refractivity contribution in [1.29, 1.82) is 0 Å². The molecule has 226 valence electrons. The number of nitrogens with zero attached hydrogens (tertiary/aromatic N) is 6. The molecule has 4 heterocycles. The number of pyridine rings is 2. The van der Waals surface area contributed by atoms with Gasteiger partial charge in [0, 0.05) is 67.7 Å². The zero-order chi connectivity index (χ0) is 31.3. The molecule has 0 radical (unpaired) electrons. The normalized spacial score (nSPS) is 13.2. The number of piperazine rings is 1. The summed E-state index contributed by atoms with van der Waals surface area (Å²) in [6.07, 6.45) is 5.39. The molecule has 1 saturated heterocycles. The minimum Gasteiger partial charge on any atom is -0.465 e. The predicted octanol–water partition coefficient (Wildman–Crippen LogP) is 4.68. The fourth-order valence-electron chi connectivity index (χ4n) is 4.51. The van der Waals surface area contributed by atoms with E-state index in [0.29, 0.717) is 55.0 Å². The van der Waals surface area contributed by atoms with Crippen LogP contribution in [0, 0.1) is 0 Å². The Morgan fingerprint density at radius 1 is 0.886 bits per heavy atom. The van der Waals surface area contributed by atoms with Crippen LogP contribution < -0.4 is 15.5 Å². The lowest BCUT2D eigenvalue weighted by molar-refractivity contribution is 0.00693. The number of carbonyl (C=O) groups is 3. The molecule has 0 unspecified atom stereocenters. The molecule has 0 saturated carbocycles. The van der Waals surface area contributed by atoms with Crippen LogP contribution in [-0.2, 0) is 4.74 Å². The molecule has 3 aromatic heterocycles. The highest BCUT2D eigenvalue weighted by molar-refractivity contribution is 6.06. The number of ether oxygens (including phenoxy) is 1. The van der Waals surface area contributed by atoms with E-state index in [4.69, 9.17) is 9.72 Å². The molecule has 13 nitrogen and oxygen atoms in total. The largest absolute Gasteiger partial charge is 0.465 e. The molecule has 1 aliphatic heterocycles. The molecule has 0 bridgehead atoms. The fraction of sp³-hybridized carbons (Fsp3) is 0.258. The molecule has 3 N–H and O–H groups in total. The maximum absolute atomic E-state index is 13.3. The van der Waals surface area contributed by atoms with Gasteiger partial charge in [0.25, 0.3) is 5.91 Å². The number of carbonyl (C=O) groups excluding carboxylic acids is 2. The predicted molar refractivity (Wildman–Crippen MR) is 164 cm³/mol. The molecule has 1 fully saturated rings. The number of esters is 1. The summed E-state index contributed by atoms with van der Waals surface area (Å²) in [5.41, 5.74) is 1.60. The molecule has 0 spiro atoms. The van der Waals surface area contributed by atoms with Gasteiger partial charge in [-0.05, 0) is 57.2 Å². The quantitative estimate of drug-likeness (QED) is 0.254. The number of nitrogens with one attached hydrogen (secondary N) is 2. The number of rotatable bonds is 7. The Hall–Kier alpha value is -5.59. The number of hydrogen-bond acceptors (Lipinski definition) is 10. The second-order valence-electron chi connectivity index (χ2n) is 11.0. The average molecular weight is 597 g/mol. The van der Waals surface area contributed by atoms with Crippen LogP contribution in [0.15, 0.2) is 73.3 Å². The Bertz CT molecular complexity index is 1670. The van der Waals surface area contributed by atoms with Crippen LogP contribution >= 0.6 is 0 Å². The summed E-state index contributed by atoms with van der Waals surface area (Å²) >= 11 is 0. The molecule has 0 atom stereocenters. The van der Waals surface area contributed by atoms with E-state index in [0.717, 1.165) is 5.56 Å². The van der Waals surface area contributed by atoms with Crippen molar-refractivity contribution in [3.63, 3.8) is 0 Å². The Kier molecular flexibility index (Phi) is 8.65. The maximum Gasteiger partial charge on any atom is 0.407 e. The van der Waals surface area contributed by atoms with Gasteiger partial charge in [-0.25, -0.2) is 24.5 Å². The summed E-state index contributed by atoms with van der Waals surface area (Å²) in [6.45, 7) is 7.10. The standard InChI is InChI=1S/C31H32N8O5/c1-31(2,3)44-29(41)22-6-4-5-21(15-22)28(40)35-23-17-24(36-25(18-23)37-26-19-32-9-10-33-26)20-7-8-34-27(16-20)38-11-13-39(14-12-38)30(42)43/h4-10,15-19H,11-14H2,1-3H3,(H,42,43)(H2,33,35,36,37,40). The second-order valence-corrected chi connectivity index (χ2v) is 11.0. The van der Waals surface area contributed by atoms with E-state index in [-0.39, 0.29) is 11.1 Å². The van der Waals surface area contributed by atoms with Gasteiger partial charge in [-0.15, -0.1) is 0 Å². The van der Waals surface area contributed by atoms with Crippen molar-refractivity contribution >= 4 is 41.1 Å². The molecule has 0 aliphatic carbocycles. The van der Waals surface area contributed by atoms with Crippen LogP contribution in [0.4, 0.5) is 27.9 Å². The van der Waals surface area contributed by atoms with Gasteiger partial charge in [-0.1, -0.05) is 6.07 Å². The molecule has 1 aliphatic rings. The molecular weight excluding hydrogens is 564 g/mol. The van der Waals surface area contributed by atoms with Crippen molar-refractivity contribution < 1.29 is 24.2 Å². The smallest absolute Gasteiger partial charge is 0.407 e. The summed E-state index contributed by atoms with van der Waals surface area (Å²) in [6, 6.07) is 13.4. The number of carboxylic acid groups (broad SMARTS) is 1. The third kappa shape index (κ3) is 7.62. The zero-order valence-electron chi connectivity index (χ0n) is 24.5. The van der Waals surface area contributed by atoms with E-state index in [9.17, 15) is 19.5 Å². The highest BCUT2D eigenvalue weighted by Crippen LogP contribution is 2.28. The van der Waals surface area contributed by atoms with Crippen molar-refractivity contribution in [2.75, 3.05) is 41.7 Å². The van der Waals surface area contributed by atoms with Crippen LogP contribution in [0.3, 0.4) is 0 Å². The van der Waals surface area contributed by atoms with E-state index in [1.165, 1.54) is 11.0 Å². The summed E-state index contributed by atoms with van der Waals surface area (Å²) in [7, 11) is 0. The number of aromatic nitrogens is 4. The first-order chi connectivity index (χ1) is 21.0. The van der Waals surface area contributed by atoms with Gasteiger partial charge >= 0.3 is 12.1 Å². The average Bonchev–Trinajstić information content (AvgIpc) is 3.01. The van der Waals surface area contributed by atoms with Crippen molar-refractivity contribution in [2.24, 2.45) is 0 Å². The molecule has 2 amide bonds. The minimum absolute atomic E-state index is 0.265. The van der Waals surface area contributed by atoms with Crippen molar-refractivity contribution in [3.8, 4) is 11.3 Å². The van der Waals surface area contributed by atoms with Crippen LogP contribution in [0.1, 0.15) is 41.5 Å². The second kappa shape index (κ2) is 12.7. The van der Waals surface area contributed by atoms with Crippen LogP contribution in [0.5, 0.6) is 0 Å². The molecular formula is C31H32N8O5. The van der Waals surface area contributed by atoms with Crippen LogP contribution in [-0.4, -0.2) is 79.7 Å². The van der Waals surface area contributed by atoms with Gasteiger partial charge in [0.15, 0.2) is 0 Å². The number of benzene rings is 1. The van der Waals surface area contributed by atoms with Gasteiger partial charge in [0.1, 0.15) is 23.1 Å². The lowest BCUT2D eigenvalue weighted by atomic mass is 10.1. The fourth-order valence-corrected chi connectivity index (χ4v) is 4.51. The lowest BCUT2D eigenvalue weighted by Crippen LogP contribution is -2.48. The number of amides is 2. The topological polar surface area (TPSA) is 163 Å². The summed E-state index contributed by atoms with van der Waals surface area (Å²) < 4.78 is 5.45. The van der Waals surface area contributed by atoms with E-state index in [1.54, 1.807) is 82.0 Å². The van der Waals surface area contributed by atoms with Gasteiger partial charge in [0.2, 0.25) is 0 Å². The van der Waals surface area contributed by atoms with Gasteiger partial charge in [0.05, 0.1) is 17.5 Å². The first kappa shape index (κ1) is 29.9. The van der Waals surface area contributed by atoms with E-state index in [1.807, 2.05) is 11.0 Å². The minimum atomic E-state index is -0.936. The number of anilines is 4. The van der Waals surface area contributed by atoms with Gasteiger partial charge in [-0.2, -0.15) is 0 Å². The van der Waals surface area contributed by atoms with E-state index >= 15 is 0 Å². The van der Waals surface area contributed by atoms with Crippen molar-refractivity contribution in [1.82, 2.24) is 24.8 Å². The zero-order valence-corrected chi connectivity index (χ0v) is 24.5. The Morgan fingerprint density at radius 2 is 1.66 bits per heavy atom. The number of hydrogen-bond donors (Lipinski definition) is 3. The summed E-state index contributed by atoms with van der Waals surface area (Å²) in [5, 5.41) is 15.3. The van der Waals surface area contributed by atoms with Crippen molar-refractivity contribution in [3.05, 3.63) is 84.4 Å². The van der Waals surface area contributed by atoms with E-state index < -0.39 is 23.6 Å².